The Bertz CT molecular complexity index is 322. The van der Waals surface area contributed by atoms with Gasteiger partial charge in [0.15, 0.2) is 0 Å². The fourth-order valence-electron chi connectivity index (χ4n) is 1.79. The second-order valence-electron chi connectivity index (χ2n) is 5.71. The molecule has 1 atom stereocenters. The summed E-state index contributed by atoms with van der Waals surface area (Å²) < 4.78 is 0. The van der Waals surface area contributed by atoms with Crippen LogP contribution in [0.2, 0.25) is 0 Å². The molecule has 0 nitrogen and oxygen atoms in total. The van der Waals surface area contributed by atoms with Crippen LogP contribution in [0.1, 0.15) is 44.7 Å². The van der Waals surface area contributed by atoms with Crippen molar-refractivity contribution in [3.63, 3.8) is 0 Å². The van der Waals surface area contributed by atoms with E-state index in [1.165, 1.54) is 30.4 Å². The summed E-state index contributed by atoms with van der Waals surface area (Å²) in [5.41, 5.74) is 3.20. The molecular formula is C15H23Br. The summed E-state index contributed by atoms with van der Waals surface area (Å²) in [6.45, 7) is 9.03. The molecule has 90 valence electrons. The first-order valence-electron chi connectivity index (χ1n) is 6.09. The lowest BCUT2D eigenvalue weighted by molar-refractivity contribution is 0.380. The zero-order chi connectivity index (χ0) is 12.2. The van der Waals surface area contributed by atoms with Crippen molar-refractivity contribution >= 4 is 15.9 Å². The van der Waals surface area contributed by atoms with Crippen molar-refractivity contribution in [2.45, 2.75) is 51.8 Å². The van der Waals surface area contributed by atoms with Gasteiger partial charge in [-0.3, -0.25) is 0 Å². The first-order valence-corrected chi connectivity index (χ1v) is 7.01. The van der Waals surface area contributed by atoms with Crippen molar-refractivity contribution in [3.05, 3.63) is 35.4 Å². The van der Waals surface area contributed by atoms with E-state index in [1.807, 2.05) is 0 Å². The molecule has 0 amide bonds. The zero-order valence-electron chi connectivity index (χ0n) is 10.9. The van der Waals surface area contributed by atoms with Crippen LogP contribution in [0.25, 0.3) is 0 Å². The Morgan fingerprint density at radius 1 is 1.25 bits per heavy atom. The predicted octanol–water partition coefficient (Wildman–Crippen LogP) is 5.13. The lowest BCUT2D eigenvalue weighted by Crippen LogP contribution is -2.20. The number of halogens is 1. The summed E-state index contributed by atoms with van der Waals surface area (Å²) in [5, 5.41) is 0. The van der Waals surface area contributed by atoms with Crippen molar-refractivity contribution in [3.8, 4) is 0 Å². The molecule has 0 saturated carbocycles. The molecule has 0 N–H and O–H groups in total. The second-order valence-corrected chi connectivity index (χ2v) is 6.82. The highest BCUT2D eigenvalue weighted by Crippen LogP contribution is 2.29. The molecule has 0 aromatic heterocycles. The molecule has 1 aromatic carbocycles. The van der Waals surface area contributed by atoms with Gasteiger partial charge in [0.05, 0.1) is 0 Å². The molecule has 0 aliphatic heterocycles. The third-order valence-corrected chi connectivity index (χ3v) is 4.78. The molecule has 1 unspecified atom stereocenters. The van der Waals surface area contributed by atoms with Crippen LogP contribution < -0.4 is 0 Å². The van der Waals surface area contributed by atoms with Gasteiger partial charge in [0.2, 0.25) is 0 Å². The van der Waals surface area contributed by atoms with Gasteiger partial charge in [0.25, 0.3) is 0 Å². The van der Waals surface area contributed by atoms with Crippen LogP contribution in [0, 0.1) is 12.3 Å². The Labute approximate surface area is 109 Å². The Morgan fingerprint density at radius 2 is 1.94 bits per heavy atom. The first kappa shape index (κ1) is 13.8. The highest BCUT2D eigenvalue weighted by molar-refractivity contribution is 9.09. The highest BCUT2D eigenvalue weighted by atomic mass is 79.9. The average molecular weight is 283 g/mol. The standard InChI is InChI=1S/C15H23Br/c1-12-7-5-8-13(11-12)9-6-10-14(16)15(2,3)4/h5,7-8,11,14H,6,9-10H2,1-4H3. The molecule has 1 heteroatoms. The second kappa shape index (κ2) is 5.86. The van der Waals surface area contributed by atoms with Gasteiger partial charge in [-0.2, -0.15) is 0 Å². The predicted molar refractivity (Wildman–Crippen MR) is 76.3 cm³/mol. The molecule has 0 aliphatic carbocycles. The number of hydrogen-bond donors (Lipinski definition) is 0. The van der Waals surface area contributed by atoms with E-state index in [4.69, 9.17) is 0 Å². The Morgan fingerprint density at radius 3 is 2.50 bits per heavy atom. The zero-order valence-corrected chi connectivity index (χ0v) is 12.5. The molecule has 0 fully saturated rings. The van der Waals surface area contributed by atoms with Crippen LogP contribution >= 0.6 is 15.9 Å². The normalized spacial score (nSPS) is 13.8. The van der Waals surface area contributed by atoms with Gasteiger partial charge < -0.3 is 0 Å². The van der Waals surface area contributed by atoms with Gasteiger partial charge in [-0.15, -0.1) is 0 Å². The molecule has 0 aliphatic rings. The number of benzene rings is 1. The fraction of sp³-hybridized carbons (Fsp3) is 0.600. The molecule has 0 radical (unpaired) electrons. The van der Waals surface area contributed by atoms with Crippen LogP contribution in [-0.2, 0) is 6.42 Å². The molecule has 1 aromatic rings. The Hall–Kier alpha value is -0.300. The maximum Gasteiger partial charge on any atom is 0.0194 e. The number of hydrogen-bond acceptors (Lipinski definition) is 0. The lowest BCUT2D eigenvalue weighted by Gasteiger charge is -2.25. The minimum atomic E-state index is 0.368. The molecular weight excluding hydrogens is 260 g/mol. The van der Waals surface area contributed by atoms with E-state index in [9.17, 15) is 0 Å². The van der Waals surface area contributed by atoms with Crippen LogP contribution in [-0.4, -0.2) is 4.83 Å². The first-order chi connectivity index (χ1) is 7.39. The van der Waals surface area contributed by atoms with Crippen molar-refractivity contribution < 1.29 is 0 Å². The minimum absolute atomic E-state index is 0.368. The topological polar surface area (TPSA) is 0 Å². The SMILES string of the molecule is Cc1cccc(CCCC(Br)C(C)(C)C)c1. The lowest BCUT2D eigenvalue weighted by atomic mass is 9.89. The van der Waals surface area contributed by atoms with Crippen molar-refractivity contribution in [1.29, 1.82) is 0 Å². The summed E-state index contributed by atoms with van der Waals surface area (Å²) in [4.78, 5) is 0.616. The van der Waals surface area contributed by atoms with E-state index in [1.54, 1.807) is 0 Å². The summed E-state index contributed by atoms with van der Waals surface area (Å²) >= 11 is 3.79. The van der Waals surface area contributed by atoms with Crippen LogP contribution in [0.4, 0.5) is 0 Å². The highest BCUT2D eigenvalue weighted by Gasteiger charge is 2.20. The summed E-state index contributed by atoms with van der Waals surface area (Å²) in [6, 6.07) is 8.83. The van der Waals surface area contributed by atoms with E-state index >= 15 is 0 Å². The van der Waals surface area contributed by atoms with Gasteiger partial charge in [-0.25, -0.2) is 0 Å². The minimum Gasteiger partial charge on any atom is -0.0885 e. The maximum atomic E-state index is 3.79. The van der Waals surface area contributed by atoms with E-state index in [2.05, 4.69) is 67.9 Å². The summed E-state index contributed by atoms with van der Waals surface area (Å²) in [6.07, 6.45) is 3.70. The number of rotatable bonds is 4. The molecule has 16 heavy (non-hydrogen) atoms. The fourth-order valence-corrected chi connectivity index (χ4v) is 2.11. The van der Waals surface area contributed by atoms with Gasteiger partial charge in [-0.05, 0) is 37.2 Å². The van der Waals surface area contributed by atoms with Crippen LogP contribution in [0.5, 0.6) is 0 Å². The molecule has 0 spiro atoms. The average Bonchev–Trinajstić information content (AvgIpc) is 2.16. The van der Waals surface area contributed by atoms with E-state index in [0.29, 0.717) is 10.2 Å². The van der Waals surface area contributed by atoms with Crippen molar-refractivity contribution in [2.24, 2.45) is 5.41 Å². The van der Waals surface area contributed by atoms with E-state index in [-0.39, 0.29) is 0 Å². The quantitative estimate of drug-likeness (QED) is 0.672. The van der Waals surface area contributed by atoms with Crippen molar-refractivity contribution in [2.75, 3.05) is 0 Å². The molecule has 1 rings (SSSR count). The monoisotopic (exact) mass is 282 g/mol. The van der Waals surface area contributed by atoms with E-state index < -0.39 is 0 Å². The third-order valence-electron chi connectivity index (χ3n) is 2.95. The van der Waals surface area contributed by atoms with E-state index in [0.717, 1.165) is 0 Å². The maximum absolute atomic E-state index is 3.79. The summed E-state index contributed by atoms with van der Waals surface area (Å²) in [5.74, 6) is 0. The van der Waals surface area contributed by atoms with Gasteiger partial charge in [0.1, 0.15) is 0 Å². The van der Waals surface area contributed by atoms with Crippen LogP contribution in [0.15, 0.2) is 24.3 Å². The van der Waals surface area contributed by atoms with Crippen molar-refractivity contribution in [1.82, 2.24) is 0 Å². The largest absolute Gasteiger partial charge is 0.0885 e. The third kappa shape index (κ3) is 4.69. The van der Waals surface area contributed by atoms with Gasteiger partial charge in [0, 0.05) is 4.83 Å². The van der Waals surface area contributed by atoms with Gasteiger partial charge >= 0.3 is 0 Å². The Kier molecular flexibility index (Phi) is 5.04. The molecule has 0 heterocycles. The summed E-state index contributed by atoms with van der Waals surface area (Å²) in [7, 11) is 0. The Balaban J connectivity index is 2.36. The smallest absolute Gasteiger partial charge is 0.0194 e. The molecule has 0 saturated heterocycles. The molecule has 0 bridgehead atoms. The number of alkyl halides is 1. The number of aryl methyl sites for hydroxylation is 2. The van der Waals surface area contributed by atoms with Crippen LogP contribution in [0.3, 0.4) is 0 Å². The van der Waals surface area contributed by atoms with Gasteiger partial charge in [-0.1, -0.05) is 66.5 Å².